The van der Waals surface area contributed by atoms with Crippen LogP contribution < -0.4 is 10.5 Å². The molecule has 0 fully saturated rings. The van der Waals surface area contributed by atoms with Crippen molar-refractivity contribution in [1.29, 1.82) is 0 Å². The minimum atomic E-state index is -3.82. The Hall–Kier alpha value is -2.19. The molecule has 0 saturated heterocycles. The Bertz CT molecular complexity index is 848. The van der Waals surface area contributed by atoms with Crippen LogP contribution in [0.25, 0.3) is 0 Å². The van der Waals surface area contributed by atoms with Crippen LogP contribution in [0.3, 0.4) is 0 Å². The molecule has 0 aliphatic rings. The van der Waals surface area contributed by atoms with Gasteiger partial charge in [0.15, 0.2) is 0 Å². The summed E-state index contributed by atoms with van der Waals surface area (Å²) >= 11 is 0. The Morgan fingerprint density at radius 1 is 1.26 bits per heavy atom. The number of nitrogens with two attached hydrogens (primary N) is 1. The molecular formula is C15H20N4O3S. The molecule has 23 heavy (non-hydrogen) atoms. The van der Waals surface area contributed by atoms with E-state index in [1.807, 2.05) is 20.8 Å². The number of hydrogen-bond donors (Lipinski definition) is 2. The molecule has 0 saturated carbocycles. The summed E-state index contributed by atoms with van der Waals surface area (Å²) in [7, 11) is -2.13. The van der Waals surface area contributed by atoms with Gasteiger partial charge in [-0.1, -0.05) is 26.8 Å². The van der Waals surface area contributed by atoms with Gasteiger partial charge in [0.1, 0.15) is 5.69 Å². The zero-order chi connectivity index (χ0) is 17.4. The summed E-state index contributed by atoms with van der Waals surface area (Å²) in [5, 5.41) is 12.1. The van der Waals surface area contributed by atoms with Gasteiger partial charge in [-0.05, 0) is 24.3 Å². The van der Waals surface area contributed by atoms with Crippen LogP contribution >= 0.6 is 0 Å². The molecular weight excluding hydrogens is 316 g/mol. The number of nitrogens with zero attached hydrogens (tertiary/aromatic N) is 2. The van der Waals surface area contributed by atoms with Crippen molar-refractivity contribution in [3.8, 4) is 0 Å². The maximum absolute atomic E-state index is 12.4. The molecule has 1 amide bonds. The van der Waals surface area contributed by atoms with Gasteiger partial charge in [0.25, 0.3) is 5.91 Å². The second-order valence-electron chi connectivity index (χ2n) is 6.32. The van der Waals surface area contributed by atoms with E-state index in [2.05, 4.69) is 10.4 Å². The van der Waals surface area contributed by atoms with Gasteiger partial charge < -0.3 is 5.32 Å². The highest BCUT2D eigenvalue weighted by Gasteiger charge is 2.22. The molecule has 0 spiro atoms. The van der Waals surface area contributed by atoms with Gasteiger partial charge in [-0.15, -0.1) is 0 Å². The summed E-state index contributed by atoms with van der Waals surface area (Å²) in [6.45, 7) is 6.02. The van der Waals surface area contributed by atoms with E-state index in [1.54, 1.807) is 19.2 Å². The van der Waals surface area contributed by atoms with E-state index >= 15 is 0 Å². The summed E-state index contributed by atoms with van der Waals surface area (Å²) in [6, 6.07) is 7.51. The first-order valence-corrected chi connectivity index (χ1v) is 8.52. The van der Waals surface area contributed by atoms with Crippen molar-refractivity contribution in [1.82, 2.24) is 9.78 Å². The fraction of sp³-hybridized carbons (Fsp3) is 0.333. The molecule has 2 aromatic rings. The molecule has 0 aliphatic carbocycles. The van der Waals surface area contributed by atoms with Crippen LogP contribution in [-0.2, 0) is 22.5 Å². The molecule has 1 aromatic heterocycles. The van der Waals surface area contributed by atoms with Crippen LogP contribution in [0.2, 0.25) is 0 Å². The predicted molar refractivity (Wildman–Crippen MR) is 87.7 cm³/mol. The Morgan fingerprint density at radius 2 is 1.91 bits per heavy atom. The number of rotatable bonds is 3. The smallest absolute Gasteiger partial charge is 0.273 e. The molecule has 2 rings (SSSR count). The van der Waals surface area contributed by atoms with Crippen molar-refractivity contribution in [2.45, 2.75) is 31.1 Å². The highest BCUT2D eigenvalue weighted by molar-refractivity contribution is 7.89. The number of anilines is 1. The van der Waals surface area contributed by atoms with Crippen molar-refractivity contribution >= 4 is 21.6 Å². The van der Waals surface area contributed by atoms with Crippen molar-refractivity contribution in [3.63, 3.8) is 0 Å². The molecule has 0 atom stereocenters. The van der Waals surface area contributed by atoms with Crippen LogP contribution in [-0.4, -0.2) is 24.1 Å². The first kappa shape index (κ1) is 17.2. The zero-order valence-corrected chi connectivity index (χ0v) is 14.3. The molecule has 0 bridgehead atoms. The van der Waals surface area contributed by atoms with Crippen LogP contribution in [0, 0.1) is 0 Å². The Kier molecular flexibility index (Phi) is 4.32. The van der Waals surface area contributed by atoms with Crippen LogP contribution in [0.1, 0.15) is 37.0 Å². The fourth-order valence-corrected chi connectivity index (χ4v) is 2.55. The maximum Gasteiger partial charge on any atom is 0.273 e. The number of carbonyl (C=O) groups excluding carboxylic acids is 1. The van der Waals surface area contributed by atoms with Gasteiger partial charge >= 0.3 is 0 Å². The first-order chi connectivity index (χ1) is 10.5. The van der Waals surface area contributed by atoms with Crippen molar-refractivity contribution < 1.29 is 13.2 Å². The largest absolute Gasteiger partial charge is 0.321 e. The number of hydrogen-bond acceptors (Lipinski definition) is 4. The Balaban J connectivity index is 2.28. The molecule has 3 N–H and O–H groups in total. The number of aromatic nitrogens is 2. The fourth-order valence-electron chi connectivity index (χ4n) is 1.99. The van der Waals surface area contributed by atoms with Crippen molar-refractivity contribution in [3.05, 3.63) is 41.7 Å². The lowest BCUT2D eigenvalue weighted by Gasteiger charge is -2.13. The Morgan fingerprint density at radius 3 is 2.43 bits per heavy atom. The number of amides is 1. The average molecular weight is 336 g/mol. The van der Waals surface area contributed by atoms with Crippen molar-refractivity contribution in [2.75, 3.05) is 5.32 Å². The monoisotopic (exact) mass is 336 g/mol. The minimum Gasteiger partial charge on any atom is -0.321 e. The summed E-state index contributed by atoms with van der Waals surface area (Å²) in [5.74, 6) is -0.373. The third-order valence-electron chi connectivity index (χ3n) is 3.30. The maximum atomic E-state index is 12.4. The predicted octanol–water partition coefficient (Wildman–Crippen LogP) is 1.62. The molecule has 1 aromatic carbocycles. The van der Waals surface area contributed by atoms with E-state index < -0.39 is 10.0 Å². The third kappa shape index (κ3) is 3.96. The van der Waals surface area contributed by atoms with E-state index in [4.69, 9.17) is 5.14 Å². The van der Waals surface area contributed by atoms with Gasteiger partial charge in [-0.3, -0.25) is 9.48 Å². The lowest BCUT2D eigenvalue weighted by Crippen LogP contribution is -2.17. The summed E-state index contributed by atoms with van der Waals surface area (Å²) < 4.78 is 24.2. The number of aryl methyl sites for hydroxylation is 1. The summed E-state index contributed by atoms with van der Waals surface area (Å²) in [4.78, 5) is 12.3. The first-order valence-electron chi connectivity index (χ1n) is 6.97. The van der Waals surface area contributed by atoms with Gasteiger partial charge in [0, 0.05) is 18.2 Å². The van der Waals surface area contributed by atoms with E-state index in [9.17, 15) is 13.2 Å². The van der Waals surface area contributed by atoms with Crippen molar-refractivity contribution in [2.24, 2.45) is 12.2 Å². The van der Waals surface area contributed by atoms with Crippen LogP contribution in [0.4, 0.5) is 5.69 Å². The second-order valence-corrected chi connectivity index (χ2v) is 7.88. The molecule has 0 unspecified atom stereocenters. The van der Waals surface area contributed by atoms with Gasteiger partial charge in [0.05, 0.1) is 10.6 Å². The van der Waals surface area contributed by atoms with Gasteiger partial charge in [-0.2, -0.15) is 5.10 Å². The molecule has 124 valence electrons. The van der Waals surface area contributed by atoms with E-state index in [0.29, 0.717) is 11.4 Å². The van der Waals surface area contributed by atoms with E-state index in [0.717, 1.165) is 5.69 Å². The lowest BCUT2D eigenvalue weighted by atomic mass is 9.92. The van der Waals surface area contributed by atoms with E-state index in [-0.39, 0.29) is 16.2 Å². The van der Waals surface area contributed by atoms with Crippen LogP contribution in [0.15, 0.2) is 35.2 Å². The normalized spacial score (nSPS) is 12.2. The second kappa shape index (κ2) is 5.78. The highest BCUT2D eigenvalue weighted by Crippen LogP contribution is 2.22. The number of carbonyl (C=O) groups is 1. The van der Waals surface area contributed by atoms with E-state index in [1.165, 1.54) is 22.9 Å². The SMILES string of the molecule is Cn1nc(C(C)(C)C)cc1C(=O)Nc1cccc(S(N)(=O)=O)c1. The number of benzene rings is 1. The highest BCUT2D eigenvalue weighted by atomic mass is 32.2. The average Bonchev–Trinajstić information content (AvgIpc) is 2.80. The third-order valence-corrected chi connectivity index (χ3v) is 4.21. The molecule has 0 radical (unpaired) electrons. The van der Waals surface area contributed by atoms with Crippen LogP contribution in [0.5, 0.6) is 0 Å². The number of primary sulfonamides is 1. The standard InChI is InChI=1S/C15H20N4O3S/c1-15(2,3)13-9-12(19(4)18-13)14(20)17-10-6-5-7-11(8-10)23(16,21)22/h5-9H,1-4H3,(H,17,20)(H2,16,21,22). The lowest BCUT2D eigenvalue weighted by molar-refractivity contribution is 0.101. The molecule has 8 heteroatoms. The summed E-state index contributed by atoms with van der Waals surface area (Å²) in [6.07, 6.45) is 0. The van der Waals surface area contributed by atoms with Gasteiger partial charge in [-0.25, -0.2) is 13.6 Å². The number of sulfonamides is 1. The quantitative estimate of drug-likeness (QED) is 0.888. The summed E-state index contributed by atoms with van der Waals surface area (Å²) in [5.41, 5.74) is 1.35. The Labute approximate surface area is 135 Å². The van der Waals surface area contributed by atoms with Gasteiger partial charge in [0.2, 0.25) is 10.0 Å². The topological polar surface area (TPSA) is 107 Å². The molecule has 1 heterocycles. The number of nitrogens with one attached hydrogen (secondary N) is 1. The molecule has 7 nitrogen and oxygen atoms in total. The molecule has 0 aliphatic heterocycles. The minimum absolute atomic E-state index is 0.0595. The zero-order valence-electron chi connectivity index (χ0n) is 13.5.